The molecule has 0 spiro atoms. The maximum atomic E-state index is 12.6. The Morgan fingerprint density at radius 3 is 2.76 bits per heavy atom. The van der Waals surface area contributed by atoms with Gasteiger partial charge in [-0.3, -0.25) is 14.7 Å². The normalized spacial score (nSPS) is 19.6. The lowest BCUT2D eigenvalue weighted by atomic mass is 9.86. The molecule has 2 aliphatic rings. The fourth-order valence-corrected chi connectivity index (χ4v) is 3.39. The molecule has 1 aliphatic carbocycles. The molecule has 25 heavy (non-hydrogen) atoms. The van der Waals surface area contributed by atoms with Crippen LogP contribution in [0.5, 0.6) is 0 Å². The Labute approximate surface area is 144 Å². The summed E-state index contributed by atoms with van der Waals surface area (Å²) in [5, 5.41) is 14.1. The fourth-order valence-electron chi connectivity index (χ4n) is 3.39. The molecular weight excluding hydrogens is 318 g/mol. The van der Waals surface area contributed by atoms with Gasteiger partial charge >= 0.3 is 0 Å². The Morgan fingerprint density at radius 1 is 1.16 bits per heavy atom. The first-order chi connectivity index (χ1) is 12.2. The summed E-state index contributed by atoms with van der Waals surface area (Å²) in [6, 6.07) is 7.56. The van der Waals surface area contributed by atoms with E-state index in [4.69, 9.17) is 0 Å². The molecular formula is C18H19N5O2. The van der Waals surface area contributed by atoms with Crippen LogP contribution < -0.4 is 10.7 Å². The van der Waals surface area contributed by atoms with Gasteiger partial charge in [0.1, 0.15) is 0 Å². The molecule has 4 rings (SSSR count). The van der Waals surface area contributed by atoms with Crippen molar-refractivity contribution in [1.82, 2.24) is 15.6 Å². The van der Waals surface area contributed by atoms with Crippen molar-refractivity contribution in [2.75, 3.05) is 5.32 Å². The van der Waals surface area contributed by atoms with E-state index in [9.17, 15) is 9.59 Å². The summed E-state index contributed by atoms with van der Waals surface area (Å²) in [6.45, 7) is 0. The lowest BCUT2D eigenvalue weighted by Crippen LogP contribution is -2.26. The summed E-state index contributed by atoms with van der Waals surface area (Å²) in [6.07, 6.45) is 5.61. The lowest BCUT2D eigenvalue weighted by Gasteiger charge is -2.21. The highest BCUT2D eigenvalue weighted by molar-refractivity contribution is 6.04. The molecule has 7 nitrogen and oxygen atoms in total. The SMILES string of the molecule is O=C1CCC(c2ccc(NC(=O)C3CCCc4[nH]ncc43)cc2)=NN1. The second-order valence-electron chi connectivity index (χ2n) is 6.41. The van der Waals surface area contributed by atoms with Crippen LogP contribution in [0, 0.1) is 0 Å². The van der Waals surface area contributed by atoms with Crippen LogP contribution in [0.4, 0.5) is 5.69 Å². The molecule has 2 heterocycles. The number of fused-ring (bicyclic) bond motifs is 1. The Kier molecular flexibility index (Phi) is 4.05. The number of aromatic amines is 1. The van der Waals surface area contributed by atoms with Crippen LogP contribution in [0.25, 0.3) is 0 Å². The second kappa shape index (κ2) is 6.51. The molecule has 0 bridgehead atoms. The van der Waals surface area contributed by atoms with Gasteiger partial charge in [-0.2, -0.15) is 10.2 Å². The maximum Gasteiger partial charge on any atom is 0.240 e. The Morgan fingerprint density at radius 2 is 2.00 bits per heavy atom. The van der Waals surface area contributed by atoms with Crippen molar-refractivity contribution in [2.45, 2.75) is 38.0 Å². The van der Waals surface area contributed by atoms with Crippen molar-refractivity contribution in [3.05, 3.63) is 47.3 Å². The number of hydrazone groups is 1. The van der Waals surface area contributed by atoms with Gasteiger partial charge in [0.05, 0.1) is 17.8 Å². The highest BCUT2D eigenvalue weighted by atomic mass is 16.2. The van der Waals surface area contributed by atoms with Crippen LogP contribution in [0.15, 0.2) is 35.6 Å². The number of nitrogens with zero attached hydrogens (tertiary/aromatic N) is 2. The van der Waals surface area contributed by atoms with Gasteiger partial charge in [0.15, 0.2) is 0 Å². The molecule has 1 aromatic heterocycles. The van der Waals surface area contributed by atoms with Crippen LogP contribution >= 0.6 is 0 Å². The quantitative estimate of drug-likeness (QED) is 0.799. The summed E-state index contributed by atoms with van der Waals surface area (Å²) < 4.78 is 0. The van der Waals surface area contributed by atoms with E-state index in [1.165, 1.54) is 0 Å². The Bertz CT molecular complexity index is 837. The fraction of sp³-hybridized carbons (Fsp3) is 0.333. The zero-order valence-electron chi connectivity index (χ0n) is 13.7. The number of amides is 2. The molecule has 0 radical (unpaired) electrons. The molecule has 1 unspecified atom stereocenters. The lowest BCUT2D eigenvalue weighted by molar-refractivity contribution is -0.121. The van der Waals surface area contributed by atoms with Gasteiger partial charge in [-0.1, -0.05) is 12.1 Å². The molecule has 1 aliphatic heterocycles. The molecule has 0 saturated carbocycles. The first-order valence-corrected chi connectivity index (χ1v) is 8.49. The van der Waals surface area contributed by atoms with Crippen LogP contribution in [0.3, 0.4) is 0 Å². The molecule has 3 N–H and O–H groups in total. The van der Waals surface area contributed by atoms with E-state index in [0.29, 0.717) is 12.8 Å². The number of benzene rings is 1. The molecule has 0 fully saturated rings. The van der Waals surface area contributed by atoms with Gasteiger partial charge in [0.2, 0.25) is 11.8 Å². The minimum Gasteiger partial charge on any atom is -0.326 e. The monoisotopic (exact) mass is 337 g/mol. The van der Waals surface area contributed by atoms with Gasteiger partial charge in [0.25, 0.3) is 0 Å². The highest BCUT2D eigenvalue weighted by Gasteiger charge is 2.28. The molecule has 7 heteroatoms. The molecule has 2 amide bonds. The average molecular weight is 337 g/mol. The zero-order valence-corrected chi connectivity index (χ0v) is 13.7. The third-order valence-corrected chi connectivity index (χ3v) is 4.75. The third-order valence-electron chi connectivity index (χ3n) is 4.75. The number of carbonyl (C=O) groups excluding carboxylic acids is 2. The summed E-state index contributed by atoms with van der Waals surface area (Å²) in [5.41, 5.74) is 7.13. The third kappa shape index (κ3) is 3.17. The number of hydrogen-bond acceptors (Lipinski definition) is 4. The van der Waals surface area contributed by atoms with Crippen LogP contribution in [0.1, 0.15) is 48.4 Å². The van der Waals surface area contributed by atoms with Gasteiger partial charge in [0, 0.05) is 29.8 Å². The van der Waals surface area contributed by atoms with Gasteiger partial charge in [-0.15, -0.1) is 0 Å². The highest BCUT2D eigenvalue weighted by Crippen LogP contribution is 2.31. The van der Waals surface area contributed by atoms with Crippen LogP contribution in [0.2, 0.25) is 0 Å². The number of anilines is 1. The van der Waals surface area contributed by atoms with Crippen LogP contribution in [-0.4, -0.2) is 27.7 Å². The van der Waals surface area contributed by atoms with E-state index >= 15 is 0 Å². The molecule has 1 aromatic carbocycles. The van der Waals surface area contributed by atoms with E-state index in [-0.39, 0.29) is 17.7 Å². The summed E-state index contributed by atoms with van der Waals surface area (Å²) in [4.78, 5) is 23.8. The van der Waals surface area contributed by atoms with E-state index in [2.05, 4.69) is 26.0 Å². The van der Waals surface area contributed by atoms with Crippen molar-refractivity contribution in [1.29, 1.82) is 0 Å². The average Bonchev–Trinajstić information content (AvgIpc) is 3.12. The Balaban J connectivity index is 1.45. The van der Waals surface area contributed by atoms with Gasteiger partial charge < -0.3 is 5.32 Å². The largest absolute Gasteiger partial charge is 0.326 e. The standard InChI is InChI=1S/C18H19N5O2/c24-17-9-8-15(22-23-17)11-4-6-12(7-5-11)20-18(25)13-2-1-3-16-14(13)10-19-21-16/h4-7,10,13H,1-3,8-9H2,(H,19,21)(H,20,25)(H,23,24). The van der Waals surface area contributed by atoms with Crippen molar-refractivity contribution >= 4 is 23.2 Å². The van der Waals surface area contributed by atoms with Gasteiger partial charge in [-0.25, -0.2) is 5.43 Å². The maximum absolute atomic E-state index is 12.6. The minimum absolute atomic E-state index is 0.00243. The van der Waals surface area contributed by atoms with E-state index < -0.39 is 0 Å². The zero-order chi connectivity index (χ0) is 17.2. The summed E-state index contributed by atoms with van der Waals surface area (Å²) in [7, 11) is 0. The molecule has 0 saturated heterocycles. The van der Waals surface area contributed by atoms with E-state index in [0.717, 1.165) is 47.5 Å². The topological polar surface area (TPSA) is 99.2 Å². The van der Waals surface area contributed by atoms with Gasteiger partial charge in [-0.05, 0) is 37.0 Å². The molecule has 128 valence electrons. The number of H-pyrrole nitrogens is 1. The van der Waals surface area contributed by atoms with E-state index in [1.807, 2.05) is 24.3 Å². The van der Waals surface area contributed by atoms with Crippen molar-refractivity contribution < 1.29 is 9.59 Å². The number of rotatable bonds is 3. The number of hydrogen-bond donors (Lipinski definition) is 3. The molecule has 2 aromatic rings. The van der Waals surface area contributed by atoms with E-state index in [1.54, 1.807) is 6.20 Å². The molecule has 1 atom stereocenters. The smallest absolute Gasteiger partial charge is 0.240 e. The predicted molar refractivity (Wildman–Crippen MR) is 93.3 cm³/mol. The number of nitrogens with one attached hydrogen (secondary N) is 3. The van der Waals surface area contributed by atoms with Crippen LogP contribution in [-0.2, 0) is 16.0 Å². The first-order valence-electron chi connectivity index (χ1n) is 8.49. The van der Waals surface area contributed by atoms with Crippen molar-refractivity contribution in [2.24, 2.45) is 5.10 Å². The summed E-state index contributed by atoms with van der Waals surface area (Å²) >= 11 is 0. The predicted octanol–water partition coefficient (Wildman–Crippen LogP) is 2.08. The minimum atomic E-state index is -0.153. The number of aryl methyl sites for hydroxylation is 1. The number of aromatic nitrogens is 2. The van der Waals surface area contributed by atoms with Crippen molar-refractivity contribution in [3.63, 3.8) is 0 Å². The van der Waals surface area contributed by atoms with Crippen molar-refractivity contribution in [3.8, 4) is 0 Å². The summed E-state index contributed by atoms with van der Waals surface area (Å²) in [5.74, 6) is -0.212. The second-order valence-corrected chi connectivity index (χ2v) is 6.41. The Hall–Kier alpha value is -2.96. The number of carbonyl (C=O) groups is 2. The first kappa shape index (κ1) is 15.6.